The van der Waals surface area contributed by atoms with E-state index in [0.717, 1.165) is 16.9 Å². The second-order valence-electron chi connectivity index (χ2n) is 28.7. The van der Waals surface area contributed by atoms with Crippen LogP contribution in [-0.2, 0) is 75.1 Å². The molecule has 2 fully saturated rings. The van der Waals surface area contributed by atoms with Crippen LogP contribution in [0.2, 0.25) is 0 Å². The number of hydrogen-bond donors (Lipinski definition) is 6. The predicted molar refractivity (Wildman–Crippen MR) is 376 cm³/mol. The van der Waals surface area contributed by atoms with Crippen LogP contribution < -0.4 is 26.6 Å². The fraction of sp³-hybridized carbons (Fsp3) is 0.671. The Bertz CT molecular complexity index is 3050. The Labute approximate surface area is 587 Å². The number of carbonyl (C=O) groups excluding carboxylic acids is 12. The largest absolute Gasteiger partial charge is 0.391 e. The highest BCUT2D eigenvalue weighted by Gasteiger charge is 2.44. The van der Waals surface area contributed by atoms with E-state index in [9.17, 15) is 38.7 Å². The van der Waals surface area contributed by atoms with Crippen molar-refractivity contribution >= 4 is 70.9 Å². The number of amides is 12. The number of nitrogens with one attached hydrogen (secondary N) is 5. The molecule has 0 aliphatic carbocycles. The van der Waals surface area contributed by atoms with Crippen LogP contribution in [0.1, 0.15) is 159 Å². The van der Waals surface area contributed by atoms with Gasteiger partial charge in [-0.05, 0) is 115 Å². The van der Waals surface area contributed by atoms with Gasteiger partial charge in [0.05, 0.1) is 31.3 Å². The third kappa shape index (κ3) is 24.4. The fourth-order valence-corrected chi connectivity index (χ4v) is 12.5. The molecule has 2 saturated heterocycles. The average molecular weight is 1390 g/mol. The lowest BCUT2D eigenvalue weighted by Gasteiger charge is -2.38. The molecule has 0 radical (unpaired) electrons. The second kappa shape index (κ2) is 39.1. The maximum Gasteiger partial charge on any atom is 0.248 e. The molecule has 2 aromatic rings. The highest BCUT2D eigenvalue weighted by Crippen LogP contribution is 2.23. The predicted octanol–water partition coefficient (Wildman–Crippen LogP) is 3.45. The number of piperidine rings is 1. The van der Waals surface area contributed by atoms with Crippen LogP contribution in [-0.4, -0.2) is 250 Å². The van der Waals surface area contributed by atoms with Crippen molar-refractivity contribution in [1.82, 2.24) is 60.9 Å². The molecule has 4 rings (SSSR count). The average Bonchev–Trinajstić information content (AvgIpc) is 0.830. The Hall–Kier alpha value is -8.00. The smallest absolute Gasteiger partial charge is 0.248 e. The van der Waals surface area contributed by atoms with Gasteiger partial charge in [-0.2, -0.15) is 0 Å². The number of likely N-dealkylation sites (N-methyl/N-ethyl adjacent to an activating group) is 5. The lowest BCUT2D eigenvalue weighted by Crippen LogP contribution is -2.62. The third-order valence-electron chi connectivity index (χ3n) is 18.7. The van der Waals surface area contributed by atoms with Gasteiger partial charge in [0, 0.05) is 61.3 Å². The summed E-state index contributed by atoms with van der Waals surface area (Å²) in [5, 5.41) is 25.2. The molecule has 0 saturated carbocycles. The topological polar surface area (TPSA) is 317 Å². The zero-order chi connectivity index (χ0) is 74.3. The molecule has 99 heavy (non-hydrogen) atoms. The number of aliphatic hydroxyl groups is 1. The van der Waals surface area contributed by atoms with Crippen molar-refractivity contribution in [3.05, 3.63) is 71.8 Å². The minimum atomic E-state index is -1.67. The number of rotatable bonds is 17. The Morgan fingerprint density at radius 1 is 0.545 bits per heavy atom. The first-order valence-electron chi connectivity index (χ1n) is 35.3. The van der Waals surface area contributed by atoms with Gasteiger partial charge in [0.15, 0.2) is 0 Å². The van der Waals surface area contributed by atoms with Gasteiger partial charge in [-0.15, -0.1) is 0 Å². The summed E-state index contributed by atoms with van der Waals surface area (Å²) in [6.07, 6.45) is 0.764. The zero-order valence-electron chi connectivity index (χ0n) is 62.1. The van der Waals surface area contributed by atoms with Crippen molar-refractivity contribution in [3.8, 4) is 0 Å². The van der Waals surface area contributed by atoms with E-state index in [1.54, 1.807) is 76.8 Å². The third-order valence-corrected chi connectivity index (χ3v) is 18.7. The van der Waals surface area contributed by atoms with Gasteiger partial charge in [0.1, 0.15) is 60.4 Å². The quantitative estimate of drug-likeness (QED) is 0.132. The normalized spacial score (nSPS) is 25.5. The van der Waals surface area contributed by atoms with Gasteiger partial charge >= 0.3 is 0 Å². The molecule has 2 heterocycles. The van der Waals surface area contributed by atoms with Crippen molar-refractivity contribution < 1.29 is 67.4 Å². The lowest BCUT2D eigenvalue weighted by atomic mass is 9.95. The summed E-state index contributed by atoms with van der Waals surface area (Å²) in [5.74, 6) is -9.81. The van der Waals surface area contributed by atoms with Crippen molar-refractivity contribution in [3.63, 3.8) is 0 Å². The van der Waals surface area contributed by atoms with Crippen LogP contribution in [0.5, 0.6) is 0 Å². The first-order valence-corrected chi connectivity index (χ1v) is 35.3. The number of benzene rings is 2. The van der Waals surface area contributed by atoms with Crippen molar-refractivity contribution in [2.45, 2.75) is 233 Å². The summed E-state index contributed by atoms with van der Waals surface area (Å²) < 4.78 is 6.20. The molecular formula is C73H116N12O14. The van der Waals surface area contributed by atoms with Crippen molar-refractivity contribution in [2.24, 2.45) is 17.8 Å². The molecule has 0 bridgehead atoms. The van der Waals surface area contributed by atoms with E-state index in [2.05, 4.69) is 26.6 Å². The summed E-state index contributed by atoms with van der Waals surface area (Å²) in [6.45, 7) is 21.9. The van der Waals surface area contributed by atoms with Gasteiger partial charge in [-0.3, -0.25) is 57.5 Å². The highest BCUT2D eigenvalue weighted by molar-refractivity contribution is 6.00. The first-order chi connectivity index (χ1) is 46.5. The van der Waals surface area contributed by atoms with E-state index in [0.29, 0.717) is 37.9 Å². The van der Waals surface area contributed by atoms with Crippen LogP contribution in [0, 0.1) is 17.8 Å². The SMILES string of the molecule is CC[C@H](C)[C@@H]1NC(=O)[C@H](CC(C)C)N(C)C(=O)[C@@H](C)NC(=O)C[C@@H](C(=O)N2CCCCC2)NC(=O)[C@H](CC)N(C)C(=O)[C@H](Cc2ccccc2)N(C)C(=O)[C@H](COC(C)(C)C)NC(=O)[C@H](CC(C)C)N(C)C(=O)[C@H](CC)N(C)C(=O)[C@H]([C@@H](C)O)NC(=O)CN(CCc2ccccc2)C1=O. The number of nitrogens with zero attached hydrogens (tertiary/aromatic N) is 7. The van der Waals surface area contributed by atoms with Gasteiger partial charge in [-0.25, -0.2) is 0 Å². The fourth-order valence-electron chi connectivity index (χ4n) is 12.5. The van der Waals surface area contributed by atoms with Crippen LogP contribution in [0.15, 0.2) is 60.7 Å². The van der Waals surface area contributed by atoms with E-state index in [1.165, 1.54) is 73.6 Å². The molecule has 2 aromatic carbocycles. The van der Waals surface area contributed by atoms with Crippen molar-refractivity contribution in [1.29, 1.82) is 0 Å². The van der Waals surface area contributed by atoms with Crippen molar-refractivity contribution in [2.75, 3.05) is 68.0 Å². The molecule has 552 valence electrons. The van der Waals surface area contributed by atoms with Crippen LogP contribution in [0.3, 0.4) is 0 Å². The maximum atomic E-state index is 15.3. The Morgan fingerprint density at radius 3 is 1.55 bits per heavy atom. The van der Waals surface area contributed by atoms with Crippen LogP contribution >= 0.6 is 0 Å². The summed E-state index contributed by atoms with van der Waals surface area (Å²) in [4.78, 5) is 187. The maximum absolute atomic E-state index is 15.3. The molecular weight excluding hydrogens is 1270 g/mol. The molecule has 0 unspecified atom stereocenters. The molecule has 12 amide bonds. The molecule has 26 nitrogen and oxygen atoms in total. The number of likely N-dealkylation sites (tertiary alicyclic amines) is 1. The minimum absolute atomic E-state index is 0.00156. The molecule has 6 N–H and O–H groups in total. The molecule has 2 aliphatic rings. The summed E-state index contributed by atoms with van der Waals surface area (Å²) in [6, 6.07) is 4.43. The molecule has 2 aliphatic heterocycles. The van der Waals surface area contributed by atoms with E-state index < -0.39 is 168 Å². The Balaban J connectivity index is 1.95. The molecule has 0 aromatic heterocycles. The first kappa shape index (κ1) is 83.4. The summed E-state index contributed by atoms with van der Waals surface area (Å²) >= 11 is 0. The van der Waals surface area contributed by atoms with Gasteiger partial charge in [0.2, 0.25) is 70.9 Å². The van der Waals surface area contributed by atoms with Crippen LogP contribution in [0.25, 0.3) is 0 Å². The summed E-state index contributed by atoms with van der Waals surface area (Å²) in [5.41, 5.74) is 0.595. The minimum Gasteiger partial charge on any atom is -0.391 e. The van der Waals surface area contributed by atoms with Gasteiger partial charge < -0.3 is 70.7 Å². The number of hydrogen-bond acceptors (Lipinski definition) is 14. The molecule has 12 atom stereocenters. The monoisotopic (exact) mass is 1380 g/mol. The number of ether oxygens (including phenoxy) is 1. The van der Waals surface area contributed by atoms with Gasteiger partial charge in [0.25, 0.3) is 0 Å². The number of aliphatic hydroxyl groups excluding tert-OH is 1. The Kier molecular flexibility index (Phi) is 33.0. The Morgan fingerprint density at radius 2 is 1.03 bits per heavy atom. The standard InChI is InChI=1S/C73H116N12O14/c1-19-47(8)61-72(98)85(38-35-50-31-25-22-26-32-50)43-60(88)77-62(49(10)86)71(97)80(15)55(21-3)69(95)82(17)56(39-45(4)5)64(90)76-53(44-99-73(11,12)13)67(93)83(18)58(41-51-33-27-23-28-34-51)70(96)79(14)54(20-2)63(89)75-52(68(94)84-36-29-24-30-37-84)42-59(87)74-48(9)66(92)81(16)57(40-46(6)7)65(91)78-61/h22-23,25-28,31-34,45-49,52-58,61-62,86H,19-21,24,29-30,35-44H2,1-18H3,(H,74,87)(H,75,89)(H,76,90)(H,77,88)(H,78,91)/t47-,48+,49+,52-,53-,54-,55-,56-,57-,58-,61-,62-/m0/s1. The van der Waals surface area contributed by atoms with Gasteiger partial charge in [-0.1, -0.05) is 122 Å². The van der Waals surface area contributed by atoms with E-state index in [-0.39, 0.29) is 56.9 Å². The van der Waals surface area contributed by atoms with E-state index >= 15 is 24.0 Å². The second-order valence-corrected chi connectivity index (χ2v) is 28.7. The summed E-state index contributed by atoms with van der Waals surface area (Å²) in [7, 11) is 6.94. The lowest BCUT2D eigenvalue weighted by molar-refractivity contribution is -0.152. The highest BCUT2D eigenvalue weighted by atomic mass is 16.5. The van der Waals surface area contributed by atoms with E-state index in [4.69, 9.17) is 4.74 Å². The molecule has 26 heteroatoms. The zero-order valence-corrected chi connectivity index (χ0v) is 62.1. The molecule has 0 spiro atoms. The van der Waals surface area contributed by atoms with Crippen LogP contribution in [0.4, 0.5) is 0 Å². The van der Waals surface area contributed by atoms with E-state index in [1.807, 2.05) is 65.0 Å². The number of carbonyl (C=O) groups is 12.